The average molecular weight is 261 g/mol. The van der Waals surface area contributed by atoms with Crippen molar-refractivity contribution in [3.8, 4) is 0 Å². The van der Waals surface area contributed by atoms with E-state index in [1.54, 1.807) is 0 Å². The molecule has 2 rings (SSSR count). The summed E-state index contributed by atoms with van der Waals surface area (Å²) >= 11 is 0.738. The molecule has 7 nitrogen and oxygen atoms in total. The van der Waals surface area contributed by atoms with Crippen LogP contribution in [0, 0.1) is 5.82 Å². The maximum atomic E-state index is 13.2. The number of halogens is 1. The van der Waals surface area contributed by atoms with E-state index in [0.29, 0.717) is 0 Å². The Labute approximate surface area is 93.6 Å². The van der Waals surface area contributed by atoms with Crippen molar-refractivity contribution in [2.75, 3.05) is 4.72 Å². The van der Waals surface area contributed by atoms with Crippen LogP contribution in [0.5, 0.6) is 0 Å². The van der Waals surface area contributed by atoms with E-state index in [2.05, 4.69) is 19.8 Å². The van der Waals surface area contributed by atoms with Crippen molar-refractivity contribution < 1.29 is 12.8 Å². The van der Waals surface area contributed by atoms with Gasteiger partial charge in [0.25, 0.3) is 10.0 Å². The highest BCUT2D eigenvalue weighted by Gasteiger charge is 2.21. The summed E-state index contributed by atoms with van der Waals surface area (Å²) in [6, 6.07) is 2.29. The minimum Gasteiger partial charge on any atom is -0.251 e. The lowest BCUT2D eigenvalue weighted by Crippen LogP contribution is -2.16. The normalized spacial score (nSPS) is 11.3. The summed E-state index contributed by atoms with van der Waals surface area (Å²) in [5.74, 6) is -0.938. The molecule has 0 saturated heterocycles. The molecule has 0 bridgehead atoms. The highest BCUT2D eigenvalue weighted by molar-refractivity contribution is 7.92. The van der Waals surface area contributed by atoms with E-state index in [4.69, 9.17) is 0 Å². The number of nitrogens with one attached hydrogen (secondary N) is 1. The van der Waals surface area contributed by atoms with Crippen LogP contribution in [-0.4, -0.2) is 28.2 Å². The van der Waals surface area contributed by atoms with Gasteiger partial charge in [0.05, 0.1) is 0 Å². The van der Waals surface area contributed by atoms with Crippen molar-refractivity contribution in [3.63, 3.8) is 0 Å². The van der Waals surface area contributed by atoms with Gasteiger partial charge >= 0.3 is 0 Å². The van der Waals surface area contributed by atoms with Crippen molar-refractivity contribution in [1.82, 2.24) is 19.8 Å². The van der Waals surface area contributed by atoms with Gasteiger partial charge in [0.2, 0.25) is 10.2 Å². The number of hydrogen-bond donors (Lipinski definition) is 1. The maximum Gasteiger partial charge on any atom is 0.284 e. The fraction of sp³-hybridized carbons (Fsp3) is 0. The van der Waals surface area contributed by atoms with Gasteiger partial charge in [0, 0.05) is 17.7 Å². The van der Waals surface area contributed by atoms with Crippen LogP contribution in [0.2, 0.25) is 0 Å². The van der Waals surface area contributed by atoms with Crippen LogP contribution >= 0.6 is 11.5 Å². The van der Waals surface area contributed by atoms with Crippen molar-refractivity contribution in [1.29, 1.82) is 0 Å². The number of aromatic nitrogens is 4. The van der Waals surface area contributed by atoms with E-state index in [9.17, 15) is 12.8 Å². The molecule has 0 aliphatic carbocycles. The second-order valence-electron chi connectivity index (χ2n) is 2.56. The molecular weight excluding hydrogens is 257 g/mol. The molecule has 1 N–H and O–H groups in total. The molecular formula is C6H4FN5O2S2. The number of hydrogen-bond acceptors (Lipinski definition) is 7. The molecule has 2 heterocycles. The number of anilines is 1. The lowest BCUT2D eigenvalue weighted by Gasteiger charge is -2.03. The molecule has 0 amide bonds. The number of sulfonamides is 1. The first-order valence-corrected chi connectivity index (χ1v) is 6.13. The van der Waals surface area contributed by atoms with E-state index < -0.39 is 20.9 Å². The summed E-state index contributed by atoms with van der Waals surface area (Å²) < 4.78 is 41.8. The number of pyridine rings is 1. The van der Waals surface area contributed by atoms with Gasteiger partial charge in [-0.05, 0) is 17.3 Å². The van der Waals surface area contributed by atoms with Crippen molar-refractivity contribution in [2.24, 2.45) is 0 Å². The SMILES string of the molecule is O=S(=O)(Nc1nnns1)c1ncccc1F. The highest BCUT2D eigenvalue weighted by Crippen LogP contribution is 2.15. The van der Waals surface area contributed by atoms with E-state index in [1.165, 1.54) is 12.3 Å². The van der Waals surface area contributed by atoms with Gasteiger partial charge in [0.15, 0.2) is 5.82 Å². The zero-order valence-corrected chi connectivity index (χ0v) is 9.16. The quantitative estimate of drug-likeness (QED) is 0.851. The van der Waals surface area contributed by atoms with Crippen molar-refractivity contribution in [2.45, 2.75) is 5.03 Å². The van der Waals surface area contributed by atoms with E-state index in [-0.39, 0.29) is 5.13 Å². The summed E-state index contributed by atoms with van der Waals surface area (Å²) in [5, 5.41) is 5.83. The fourth-order valence-corrected chi connectivity index (χ4v) is 2.50. The molecule has 2 aromatic heterocycles. The van der Waals surface area contributed by atoms with Crippen LogP contribution in [0.15, 0.2) is 23.4 Å². The summed E-state index contributed by atoms with van der Waals surface area (Å²) in [6.45, 7) is 0. The molecule has 0 spiro atoms. The maximum absolute atomic E-state index is 13.2. The summed E-state index contributed by atoms with van der Waals surface area (Å²) in [5.41, 5.74) is 0. The van der Waals surface area contributed by atoms with Gasteiger partial charge in [-0.15, -0.1) is 0 Å². The molecule has 16 heavy (non-hydrogen) atoms. The molecule has 10 heteroatoms. The number of nitrogens with zero attached hydrogens (tertiary/aromatic N) is 4. The number of rotatable bonds is 3. The van der Waals surface area contributed by atoms with Gasteiger partial charge in [-0.25, -0.2) is 9.37 Å². The van der Waals surface area contributed by atoms with E-state index in [1.807, 2.05) is 4.72 Å². The molecule has 2 aromatic rings. The first-order chi connectivity index (χ1) is 7.59. The van der Waals surface area contributed by atoms with Crippen LogP contribution in [0.4, 0.5) is 9.52 Å². The standard InChI is InChI=1S/C6H4FN5O2S2/c7-4-2-1-3-8-5(4)16(13,14)10-6-9-11-12-15-6/h1-3H,(H,9,10,12). The zero-order chi connectivity index (χ0) is 11.6. The summed E-state index contributed by atoms with van der Waals surface area (Å²) in [6.07, 6.45) is 1.18. The monoisotopic (exact) mass is 261 g/mol. The van der Waals surface area contributed by atoms with Gasteiger partial charge in [0.1, 0.15) is 0 Å². The minimum atomic E-state index is -4.08. The molecule has 0 aromatic carbocycles. The molecule has 0 atom stereocenters. The summed E-state index contributed by atoms with van der Waals surface area (Å²) in [4.78, 5) is 3.44. The minimum absolute atomic E-state index is 0.0509. The third kappa shape index (κ3) is 2.12. The first kappa shape index (κ1) is 10.8. The fourth-order valence-electron chi connectivity index (χ4n) is 0.905. The molecule has 0 unspecified atom stereocenters. The first-order valence-electron chi connectivity index (χ1n) is 3.88. The Morgan fingerprint density at radius 3 is 2.88 bits per heavy atom. The van der Waals surface area contributed by atoms with Crippen LogP contribution in [0.3, 0.4) is 0 Å². The van der Waals surface area contributed by atoms with Crippen LogP contribution < -0.4 is 4.72 Å². The lowest BCUT2D eigenvalue weighted by molar-refractivity contribution is 0.556. The molecule has 0 aliphatic rings. The van der Waals surface area contributed by atoms with Crippen LogP contribution in [0.25, 0.3) is 0 Å². The van der Waals surface area contributed by atoms with Gasteiger partial charge in [-0.2, -0.15) is 8.42 Å². The van der Waals surface area contributed by atoms with Gasteiger partial charge < -0.3 is 0 Å². The second kappa shape index (κ2) is 4.06. The van der Waals surface area contributed by atoms with Crippen LogP contribution in [0.1, 0.15) is 0 Å². The Balaban J connectivity index is 2.37. The third-order valence-corrected chi connectivity index (χ3v) is 3.41. The molecule has 84 valence electrons. The van der Waals surface area contributed by atoms with Gasteiger partial charge in [-0.1, -0.05) is 9.59 Å². The van der Waals surface area contributed by atoms with E-state index >= 15 is 0 Å². The predicted octanol–water partition coefficient (Wildman–Crippen LogP) is 0.268. The smallest absolute Gasteiger partial charge is 0.251 e. The van der Waals surface area contributed by atoms with Crippen LogP contribution in [-0.2, 0) is 10.0 Å². The predicted molar refractivity (Wildman–Crippen MR) is 52.7 cm³/mol. The highest BCUT2D eigenvalue weighted by atomic mass is 32.2. The lowest BCUT2D eigenvalue weighted by atomic mass is 10.5. The third-order valence-electron chi connectivity index (χ3n) is 1.50. The molecule has 0 aliphatic heterocycles. The van der Waals surface area contributed by atoms with Gasteiger partial charge in [-0.3, -0.25) is 4.72 Å². The zero-order valence-electron chi connectivity index (χ0n) is 7.53. The van der Waals surface area contributed by atoms with Crippen molar-refractivity contribution >= 4 is 26.7 Å². The van der Waals surface area contributed by atoms with E-state index in [0.717, 1.165) is 17.6 Å². The average Bonchev–Trinajstić information content (AvgIpc) is 2.70. The Kier molecular flexibility index (Phi) is 2.75. The Morgan fingerprint density at radius 2 is 2.25 bits per heavy atom. The Bertz CT molecular complexity index is 585. The second-order valence-corrected chi connectivity index (χ2v) is 4.89. The summed E-state index contributed by atoms with van der Waals surface area (Å²) in [7, 11) is -4.08. The Hall–Kier alpha value is -1.68. The molecule has 0 radical (unpaired) electrons. The topological polar surface area (TPSA) is 97.7 Å². The van der Waals surface area contributed by atoms with Crippen molar-refractivity contribution in [3.05, 3.63) is 24.1 Å². The molecule has 0 saturated carbocycles. The Morgan fingerprint density at radius 1 is 1.44 bits per heavy atom. The largest absolute Gasteiger partial charge is 0.284 e. The molecule has 0 fully saturated rings.